The van der Waals surface area contributed by atoms with Crippen molar-refractivity contribution in [2.45, 2.75) is 45.3 Å². The molecule has 7 heteroatoms. The van der Waals surface area contributed by atoms with E-state index in [9.17, 15) is 14.9 Å². The van der Waals surface area contributed by atoms with Gasteiger partial charge in [-0.2, -0.15) is 0 Å². The Morgan fingerprint density at radius 1 is 1.45 bits per heavy atom. The van der Waals surface area contributed by atoms with Gasteiger partial charge in [-0.15, -0.1) is 0 Å². The number of nitro benzene ring substituents is 1. The number of alkyl carbamates (subject to hydrolysis) is 1. The lowest BCUT2D eigenvalue weighted by Gasteiger charge is -2.23. The van der Waals surface area contributed by atoms with Crippen LogP contribution in [-0.2, 0) is 4.74 Å². The zero-order chi connectivity index (χ0) is 16.8. The lowest BCUT2D eigenvalue weighted by Crippen LogP contribution is -2.35. The van der Waals surface area contributed by atoms with Crippen LogP contribution < -0.4 is 5.32 Å². The molecule has 0 aliphatic carbocycles. The number of rotatable bonds is 6. The van der Waals surface area contributed by atoms with Gasteiger partial charge in [-0.25, -0.2) is 4.79 Å². The number of hydrogen-bond donors (Lipinski definition) is 2. The van der Waals surface area contributed by atoms with Crippen molar-refractivity contribution in [3.8, 4) is 0 Å². The summed E-state index contributed by atoms with van der Waals surface area (Å²) in [5.41, 5.74) is -0.0696. The smallest absolute Gasteiger partial charge is 0.408 e. The highest BCUT2D eigenvalue weighted by atomic mass is 16.6. The van der Waals surface area contributed by atoms with Gasteiger partial charge < -0.3 is 15.2 Å². The van der Waals surface area contributed by atoms with Gasteiger partial charge in [0.15, 0.2) is 0 Å². The maximum absolute atomic E-state index is 11.9. The Labute approximate surface area is 129 Å². The van der Waals surface area contributed by atoms with Crippen molar-refractivity contribution >= 4 is 11.8 Å². The quantitative estimate of drug-likeness (QED) is 0.621. The molecule has 22 heavy (non-hydrogen) atoms. The molecule has 0 aromatic heterocycles. The molecule has 0 radical (unpaired) electrons. The summed E-state index contributed by atoms with van der Waals surface area (Å²) in [7, 11) is 0. The fourth-order valence-corrected chi connectivity index (χ4v) is 1.92. The highest BCUT2D eigenvalue weighted by molar-refractivity contribution is 5.68. The van der Waals surface area contributed by atoms with Crippen LogP contribution in [0, 0.1) is 10.1 Å². The van der Waals surface area contributed by atoms with Crippen LogP contribution in [0.1, 0.15) is 45.2 Å². The summed E-state index contributed by atoms with van der Waals surface area (Å²) in [5.74, 6) is 0. The van der Waals surface area contributed by atoms with Crippen molar-refractivity contribution in [2.24, 2.45) is 0 Å². The third-order valence-corrected chi connectivity index (χ3v) is 2.83. The molecule has 0 aliphatic heterocycles. The number of carbonyl (C=O) groups excluding carboxylic acids is 1. The summed E-state index contributed by atoms with van der Waals surface area (Å²) in [4.78, 5) is 22.3. The second-order valence-corrected chi connectivity index (χ2v) is 5.92. The summed E-state index contributed by atoms with van der Waals surface area (Å²) >= 11 is 0. The van der Waals surface area contributed by atoms with E-state index < -0.39 is 22.7 Å². The maximum Gasteiger partial charge on any atom is 0.408 e. The first-order valence-electron chi connectivity index (χ1n) is 7.07. The minimum Gasteiger partial charge on any atom is -0.444 e. The Morgan fingerprint density at radius 3 is 2.68 bits per heavy atom. The fraction of sp³-hybridized carbons (Fsp3) is 0.533. The molecule has 0 saturated carbocycles. The van der Waals surface area contributed by atoms with E-state index in [1.54, 1.807) is 32.9 Å². The monoisotopic (exact) mass is 310 g/mol. The van der Waals surface area contributed by atoms with Gasteiger partial charge in [0, 0.05) is 18.7 Å². The van der Waals surface area contributed by atoms with E-state index in [2.05, 4.69) is 5.32 Å². The highest BCUT2D eigenvalue weighted by Crippen LogP contribution is 2.23. The predicted molar refractivity (Wildman–Crippen MR) is 81.5 cm³/mol. The van der Waals surface area contributed by atoms with Crippen LogP contribution in [-0.4, -0.2) is 28.3 Å². The molecule has 0 aliphatic rings. The van der Waals surface area contributed by atoms with Crippen molar-refractivity contribution in [1.29, 1.82) is 0 Å². The number of hydrogen-bond acceptors (Lipinski definition) is 5. The molecule has 1 amide bonds. The zero-order valence-electron chi connectivity index (χ0n) is 13.0. The molecule has 1 aromatic rings. The molecule has 7 nitrogen and oxygen atoms in total. The van der Waals surface area contributed by atoms with Gasteiger partial charge in [-0.05, 0) is 39.2 Å². The van der Waals surface area contributed by atoms with Crippen molar-refractivity contribution in [1.82, 2.24) is 5.32 Å². The minimum atomic E-state index is -0.631. The van der Waals surface area contributed by atoms with Crippen molar-refractivity contribution in [3.05, 3.63) is 39.9 Å². The molecule has 0 heterocycles. The van der Waals surface area contributed by atoms with E-state index in [1.165, 1.54) is 12.1 Å². The summed E-state index contributed by atoms with van der Waals surface area (Å²) in [5, 5.41) is 22.5. The second kappa shape index (κ2) is 7.74. The van der Waals surface area contributed by atoms with Gasteiger partial charge in [-0.1, -0.05) is 12.1 Å². The number of nitrogens with one attached hydrogen (secondary N) is 1. The molecule has 0 saturated heterocycles. The molecule has 1 rings (SSSR count). The number of non-ortho nitro benzene ring substituents is 1. The molecule has 122 valence electrons. The van der Waals surface area contributed by atoms with Gasteiger partial charge in [0.2, 0.25) is 0 Å². The van der Waals surface area contributed by atoms with E-state index in [0.717, 1.165) is 0 Å². The summed E-state index contributed by atoms with van der Waals surface area (Å²) in [6.07, 6.45) is 0.321. The van der Waals surface area contributed by atoms with Crippen molar-refractivity contribution < 1.29 is 19.6 Å². The standard InChI is InChI=1S/C15H22N2O5/c1-15(2,3)22-14(19)16-13(8-5-9-18)11-6-4-7-12(10-11)17(20)21/h4,6-7,10,13,18H,5,8-9H2,1-3H3,(H,16,19). The Bertz CT molecular complexity index is 525. The molecule has 1 aromatic carbocycles. The van der Waals surface area contributed by atoms with Crippen LogP contribution in [0.5, 0.6) is 0 Å². The fourth-order valence-electron chi connectivity index (χ4n) is 1.92. The predicted octanol–water partition coefficient (Wildman–Crippen LogP) is 2.93. The number of aliphatic hydroxyl groups is 1. The largest absolute Gasteiger partial charge is 0.444 e. The third-order valence-electron chi connectivity index (χ3n) is 2.83. The van der Waals surface area contributed by atoms with E-state index in [-0.39, 0.29) is 12.3 Å². The normalized spacial score (nSPS) is 12.5. The van der Waals surface area contributed by atoms with Gasteiger partial charge in [-0.3, -0.25) is 10.1 Å². The Balaban J connectivity index is 2.90. The SMILES string of the molecule is CC(C)(C)OC(=O)NC(CCCO)c1cccc([N+](=O)[O-])c1. The Morgan fingerprint density at radius 2 is 2.14 bits per heavy atom. The summed E-state index contributed by atoms with van der Waals surface area (Å²) < 4.78 is 5.20. The average molecular weight is 310 g/mol. The summed E-state index contributed by atoms with van der Waals surface area (Å²) in [6, 6.07) is 5.61. The molecular weight excluding hydrogens is 288 g/mol. The van der Waals surface area contributed by atoms with E-state index in [4.69, 9.17) is 9.84 Å². The van der Waals surface area contributed by atoms with Crippen molar-refractivity contribution in [3.63, 3.8) is 0 Å². The first-order valence-corrected chi connectivity index (χ1v) is 7.07. The first-order chi connectivity index (χ1) is 10.2. The molecular formula is C15H22N2O5. The third kappa shape index (κ3) is 6.09. The van der Waals surface area contributed by atoms with Crippen LogP contribution in [0.3, 0.4) is 0 Å². The first kappa shape index (κ1) is 17.9. The topological polar surface area (TPSA) is 102 Å². The number of aliphatic hydroxyl groups excluding tert-OH is 1. The molecule has 2 N–H and O–H groups in total. The number of nitro groups is 1. The minimum absolute atomic E-state index is 0.0264. The van der Waals surface area contributed by atoms with Crippen LogP contribution in [0.4, 0.5) is 10.5 Å². The molecule has 0 bridgehead atoms. The lowest BCUT2D eigenvalue weighted by molar-refractivity contribution is -0.384. The van der Waals surface area contributed by atoms with Crippen LogP contribution >= 0.6 is 0 Å². The van der Waals surface area contributed by atoms with Gasteiger partial charge >= 0.3 is 6.09 Å². The lowest BCUT2D eigenvalue weighted by atomic mass is 10.0. The highest BCUT2D eigenvalue weighted by Gasteiger charge is 2.21. The van der Waals surface area contributed by atoms with Gasteiger partial charge in [0.1, 0.15) is 5.60 Å². The number of benzene rings is 1. The molecule has 1 unspecified atom stereocenters. The van der Waals surface area contributed by atoms with E-state index >= 15 is 0 Å². The Hall–Kier alpha value is -2.15. The second-order valence-electron chi connectivity index (χ2n) is 5.92. The zero-order valence-corrected chi connectivity index (χ0v) is 13.0. The molecule has 0 fully saturated rings. The van der Waals surface area contributed by atoms with Gasteiger partial charge in [0.25, 0.3) is 5.69 Å². The van der Waals surface area contributed by atoms with E-state index in [1.807, 2.05) is 0 Å². The number of carbonyl (C=O) groups is 1. The maximum atomic E-state index is 11.9. The Kier molecular flexibility index (Phi) is 6.30. The van der Waals surface area contributed by atoms with Crippen LogP contribution in [0.15, 0.2) is 24.3 Å². The van der Waals surface area contributed by atoms with E-state index in [0.29, 0.717) is 18.4 Å². The summed E-state index contributed by atoms with van der Waals surface area (Å²) in [6.45, 7) is 5.23. The molecule has 0 spiro atoms. The average Bonchev–Trinajstić information content (AvgIpc) is 2.41. The number of nitrogens with zero attached hydrogens (tertiary/aromatic N) is 1. The van der Waals surface area contributed by atoms with Crippen LogP contribution in [0.25, 0.3) is 0 Å². The molecule has 1 atom stereocenters. The van der Waals surface area contributed by atoms with Gasteiger partial charge in [0.05, 0.1) is 11.0 Å². The van der Waals surface area contributed by atoms with Crippen molar-refractivity contribution in [2.75, 3.05) is 6.61 Å². The number of amides is 1. The number of ether oxygens (including phenoxy) is 1. The van der Waals surface area contributed by atoms with Crippen LogP contribution in [0.2, 0.25) is 0 Å².